The lowest BCUT2D eigenvalue weighted by Gasteiger charge is -2.08. The first-order valence-corrected chi connectivity index (χ1v) is 5.89. The summed E-state index contributed by atoms with van der Waals surface area (Å²) in [5, 5.41) is 13.9. The molecule has 6 heteroatoms. The van der Waals surface area contributed by atoms with Crippen LogP contribution in [0.15, 0.2) is 12.4 Å². The van der Waals surface area contributed by atoms with Crippen molar-refractivity contribution in [1.82, 2.24) is 19.1 Å². The Balaban J connectivity index is 1.97. The average Bonchev–Trinajstić information content (AvgIpc) is 2.84. The maximum absolute atomic E-state index is 9.97. The SMILES string of the molecule is Cc1nnsc1C(O)CCc1nccn1C. The van der Waals surface area contributed by atoms with Crippen LogP contribution in [0.4, 0.5) is 0 Å². The van der Waals surface area contributed by atoms with Crippen LogP contribution in [0.25, 0.3) is 0 Å². The van der Waals surface area contributed by atoms with Gasteiger partial charge in [0.1, 0.15) is 5.82 Å². The lowest BCUT2D eigenvalue weighted by molar-refractivity contribution is 0.169. The molecule has 2 heterocycles. The van der Waals surface area contributed by atoms with Crippen LogP contribution in [0.5, 0.6) is 0 Å². The molecule has 0 aromatic carbocycles. The lowest BCUT2D eigenvalue weighted by Crippen LogP contribution is -2.03. The van der Waals surface area contributed by atoms with E-state index in [2.05, 4.69) is 14.6 Å². The van der Waals surface area contributed by atoms with E-state index in [1.54, 1.807) is 6.20 Å². The standard InChI is InChI=1S/C10H14N4OS/c1-7-10(16-13-12-7)8(15)3-4-9-11-5-6-14(9)2/h5-6,8,15H,3-4H2,1-2H3. The van der Waals surface area contributed by atoms with Crippen molar-refractivity contribution in [2.24, 2.45) is 7.05 Å². The van der Waals surface area contributed by atoms with Gasteiger partial charge < -0.3 is 9.67 Å². The van der Waals surface area contributed by atoms with Gasteiger partial charge >= 0.3 is 0 Å². The molecule has 1 unspecified atom stereocenters. The highest BCUT2D eigenvalue weighted by Gasteiger charge is 2.14. The van der Waals surface area contributed by atoms with Crippen molar-refractivity contribution in [3.05, 3.63) is 28.8 Å². The highest BCUT2D eigenvalue weighted by atomic mass is 32.1. The molecule has 2 aromatic heterocycles. The molecule has 0 radical (unpaired) electrons. The van der Waals surface area contributed by atoms with E-state index in [1.807, 2.05) is 24.7 Å². The number of hydrogen-bond acceptors (Lipinski definition) is 5. The number of hydrogen-bond donors (Lipinski definition) is 1. The third-order valence-corrected chi connectivity index (χ3v) is 3.48. The van der Waals surface area contributed by atoms with E-state index in [9.17, 15) is 5.11 Å². The topological polar surface area (TPSA) is 63.8 Å². The first-order valence-electron chi connectivity index (χ1n) is 5.11. The fourth-order valence-electron chi connectivity index (χ4n) is 1.58. The van der Waals surface area contributed by atoms with Crippen molar-refractivity contribution in [3.8, 4) is 0 Å². The Morgan fingerprint density at radius 1 is 1.56 bits per heavy atom. The minimum absolute atomic E-state index is 0.489. The summed E-state index contributed by atoms with van der Waals surface area (Å²) in [5.41, 5.74) is 0.817. The number of aliphatic hydroxyl groups excluding tert-OH is 1. The zero-order chi connectivity index (χ0) is 11.5. The zero-order valence-corrected chi connectivity index (χ0v) is 10.1. The number of rotatable bonds is 4. The fraction of sp³-hybridized carbons (Fsp3) is 0.500. The van der Waals surface area contributed by atoms with Gasteiger partial charge in [0.25, 0.3) is 0 Å². The predicted octanol–water partition coefficient (Wildman–Crippen LogP) is 1.25. The number of aryl methyl sites for hydroxylation is 3. The molecule has 1 N–H and O–H groups in total. The van der Waals surface area contributed by atoms with Crippen LogP contribution in [0, 0.1) is 6.92 Å². The molecule has 0 fully saturated rings. The molecule has 1 atom stereocenters. The second kappa shape index (κ2) is 4.71. The van der Waals surface area contributed by atoms with E-state index >= 15 is 0 Å². The number of aliphatic hydroxyl groups is 1. The van der Waals surface area contributed by atoms with Crippen LogP contribution in [0.2, 0.25) is 0 Å². The Morgan fingerprint density at radius 3 is 2.94 bits per heavy atom. The first-order chi connectivity index (χ1) is 7.68. The van der Waals surface area contributed by atoms with Crippen LogP contribution >= 0.6 is 11.5 Å². The Hall–Kier alpha value is -1.27. The second-order valence-electron chi connectivity index (χ2n) is 3.73. The van der Waals surface area contributed by atoms with E-state index in [0.717, 1.165) is 22.8 Å². The molecule has 0 bridgehead atoms. The molecule has 2 aromatic rings. The van der Waals surface area contributed by atoms with E-state index in [-0.39, 0.29) is 0 Å². The minimum Gasteiger partial charge on any atom is -0.387 e. The molecule has 0 saturated heterocycles. The van der Waals surface area contributed by atoms with Crippen LogP contribution in [0.3, 0.4) is 0 Å². The summed E-state index contributed by atoms with van der Waals surface area (Å²) in [5.74, 6) is 0.981. The monoisotopic (exact) mass is 238 g/mol. The van der Waals surface area contributed by atoms with Gasteiger partial charge in [-0.2, -0.15) is 0 Å². The summed E-state index contributed by atoms with van der Waals surface area (Å²) >= 11 is 1.26. The quantitative estimate of drug-likeness (QED) is 0.870. The van der Waals surface area contributed by atoms with Crippen LogP contribution in [-0.2, 0) is 13.5 Å². The van der Waals surface area contributed by atoms with Crippen molar-refractivity contribution in [3.63, 3.8) is 0 Å². The molecule has 0 aliphatic heterocycles. The second-order valence-corrected chi connectivity index (χ2v) is 4.52. The van der Waals surface area contributed by atoms with Gasteiger partial charge in [0.15, 0.2) is 0 Å². The molecular weight excluding hydrogens is 224 g/mol. The Bertz CT molecular complexity index is 465. The van der Waals surface area contributed by atoms with Gasteiger partial charge in [-0.05, 0) is 24.9 Å². The van der Waals surface area contributed by atoms with Crippen LogP contribution < -0.4 is 0 Å². The summed E-state index contributed by atoms with van der Waals surface area (Å²) in [7, 11) is 1.95. The van der Waals surface area contributed by atoms with Gasteiger partial charge in [0.2, 0.25) is 0 Å². The van der Waals surface area contributed by atoms with E-state index < -0.39 is 6.10 Å². The molecule has 16 heavy (non-hydrogen) atoms. The summed E-state index contributed by atoms with van der Waals surface area (Å²) in [6, 6.07) is 0. The molecule has 0 amide bonds. The molecule has 0 spiro atoms. The van der Waals surface area contributed by atoms with Gasteiger partial charge in [-0.25, -0.2) is 4.98 Å². The van der Waals surface area contributed by atoms with E-state index in [0.29, 0.717) is 6.42 Å². The van der Waals surface area contributed by atoms with E-state index in [4.69, 9.17) is 0 Å². The third-order valence-electron chi connectivity index (χ3n) is 2.55. The molecule has 5 nitrogen and oxygen atoms in total. The predicted molar refractivity (Wildman–Crippen MR) is 61.1 cm³/mol. The Kier molecular flexibility index (Phi) is 3.31. The zero-order valence-electron chi connectivity index (χ0n) is 9.29. The largest absolute Gasteiger partial charge is 0.387 e. The van der Waals surface area contributed by atoms with Crippen molar-refractivity contribution >= 4 is 11.5 Å². The van der Waals surface area contributed by atoms with Crippen LogP contribution in [-0.4, -0.2) is 24.2 Å². The van der Waals surface area contributed by atoms with Crippen molar-refractivity contribution in [1.29, 1.82) is 0 Å². The maximum atomic E-state index is 9.97. The van der Waals surface area contributed by atoms with Crippen LogP contribution in [0.1, 0.15) is 28.9 Å². The average molecular weight is 238 g/mol. The van der Waals surface area contributed by atoms with Gasteiger partial charge in [-0.3, -0.25) is 0 Å². The Morgan fingerprint density at radius 2 is 2.38 bits per heavy atom. The lowest BCUT2D eigenvalue weighted by atomic mass is 10.1. The smallest absolute Gasteiger partial charge is 0.108 e. The summed E-state index contributed by atoms with van der Waals surface area (Å²) in [4.78, 5) is 5.07. The van der Waals surface area contributed by atoms with Gasteiger partial charge in [0.05, 0.1) is 16.7 Å². The molecule has 2 rings (SSSR count). The highest BCUT2D eigenvalue weighted by molar-refractivity contribution is 7.05. The van der Waals surface area contributed by atoms with Crippen molar-refractivity contribution < 1.29 is 5.11 Å². The molecule has 0 aliphatic carbocycles. The molecule has 0 saturated carbocycles. The van der Waals surface area contributed by atoms with Crippen molar-refractivity contribution in [2.75, 3.05) is 0 Å². The summed E-state index contributed by atoms with van der Waals surface area (Å²) in [6.45, 7) is 1.86. The first kappa shape index (κ1) is 11.2. The third kappa shape index (κ3) is 2.28. The maximum Gasteiger partial charge on any atom is 0.108 e. The number of aromatic nitrogens is 4. The van der Waals surface area contributed by atoms with Gasteiger partial charge in [0, 0.05) is 25.9 Å². The number of nitrogens with zero attached hydrogens (tertiary/aromatic N) is 4. The summed E-state index contributed by atoms with van der Waals surface area (Å²) < 4.78 is 5.78. The normalized spacial score (nSPS) is 12.9. The molecular formula is C10H14N4OS. The number of imidazole rings is 1. The highest BCUT2D eigenvalue weighted by Crippen LogP contribution is 2.23. The molecule has 86 valence electrons. The van der Waals surface area contributed by atoms with E-state index in [1.165, 1.54) is 11.5 Å². The van der Waals surface area contributed by atoms with Gasteiger partial charge in [-0.15, -0.1) is 5.10 Å². The Labute approximate surface area is 97.9 Å². The molecule has 0 aliphatic rings. The van der Waals surface area contributed by atoms with Crippen molar-refractivity contribution in [2.45, 2.75) is 25.9 Å². The summed E-state index contributed by atoms with van der Waals surface area (Å²) in [6.07, 6.45) is 4.58. The fourth-order valence-corrected chi connectivity index (χ4v) is 2.24. The minimum atomic E-state index is -0.489. The van der Waals surface area contributed by atoms with Gasteiger partial charge in [-0.1, -0.05) is 4.49 Å².